The summed E-state index contributed by atoms with van der Waals surface area (Å²) in [6.45, 7) is 0. The SMILES string of the molecule is Fc1ccccc1C(c1ccccc1Cl)N1C2CCC1CC(c1ccccn1)C2. The van der Waals surface area contributed by atoms with Crippen LogP contribution in [0.15, 0.2) is 72.9 Å². The van der Waals surface area contributed by atoms with E-state index in [9.17, 15) is 4.39 Å². The molecule has 0 amide bonds. The highest BCUT2D eigenvalue weighted by Gasteiger charge is 2.46. The summed E-state index contributed by atoms with van der Waals surface area (Å²) in [6, 6.07) is 21.9. The predicted octanol–water partition coefficient (Wildman–Crippen LogP) is 6.37. The fraction of sp³-hybridized carbons (Fsp3) is 0.320. The van der Waals surface area contributed by atoms with Gasteiger partial charge in [-0.3, -0.25) is 9.88 Å². The molecule has 5 rings (SSSR count). The molecule has 2 fully saturated rings. The number of hydrogen-bond donors (Lipinski definition) is 0. The summed E-state index contributed by atoms with van der Waals surface area (Å²) in [6.07, 6.45) is 6.29. The fourth-order valence-corrected chi connectivity index (χ4v) is 5.62. The summed E-state index contributed by atoms with van der Waals surface area (Å²) >= 11 is 6.62. The Balaban J connectivity index is 1.54. The first-order chi connectivity index (χ1) is 14.2. The van der Waals surface area contributed by atoms with Gasteiger partial charge in [0.15, 0.2) is 0 Å². The van der Waals surface area contributed by atoms with Gasteiger partial charge in [0, 0.05) is 40.5 Å². The minimum absolute atomic E-state index is 0.160. The van der Waals surface area contributed by atoms with Crippen molar-refractivity contribution in [3.05, 3.63) is 101 Å². The van der Waals surface area contributed by atoms with E-state index in [1.54, 1.807) is 12.1 Å². The molecule has 148 valence electrons. The molecular formula is C25H24ClFN2. The number of fused-ring (bicyclic) bond motifs is 2. The van der Waals surface area contributed by atoms with Crippen LogP contribution in [0.2, 0.25) is 5.02 Å². The lowest BCUT2D eigenvalue weighted by molar-refractivity contribution is 0.0910. The van der Waals surface area contributed by atoms with Crippen molar-refractivity contribution in [1.29, 1.82) is 0 Å². The molecule has 2 nitrogen and oxygen atoms in total. The standard InChI is InChI=1S/C25H24ClFN2/c26-22-9-3-1-7-20(22)25(21-8-2-4-10-23(21)27)29-18-12-13-19(29)16-17(15-18)24-11-5-6-14-28-24/h1-11,14,17-19,25H,12-13,15-16H2. The second-order valence-electron chi connectivity index (χ2n) is 8.20. The van der Waals surface area contributed by atoms with Crippen molar-refractivity contribution in [2.45, 2.75) is 49.7 Å². The lowest BCUT2D eigenvalue weighted by atomic mass is 9.84. The lowest BCUT2D eigenvalue weighted by Crippen LogP contribution is -2.45. The van der Waals surface area contributed by atoms with Gasteiger partial charge in [-0.1, -0.05) is 54.1 Å². The van der Waals surface area contributed by atoms with Crippen molar-refractivity contribution >= 4 is 11.6 Å². The predicted molar refractivity (Wildman–Crippen MR) is 115 cm³/mol. The number of aromatic nitrogens is 1. The largest absolute Gasteiger partial charge is 0.286 e. The summed E-state index contributed by atoms with van der Waals surface area (Å²) in [5.41, 5.74) is 2.89. The zero-order chi connectivity index (χ0) is 19.8. The van der Waals surface area contributed by atoms with Gasteiger partial charge in [0.1, 0.15) is 5.82 Å². The van der Waals surface area contributed by atoms with Crippen LogP contribution in [-0.4, -0.2) is 22.0 Å². The van der Waals surface area contributed by atoms with E-state index in [4.69, 9.17) is 11.6 Å². The molecular weight excluding hydrogens is 383 g/mol. The van der Waals surface area contributed by atoms with Gasteiger partial charge in [0.05, 0.1) is 6.04 Å². The van der Waals surface area contributed by atoms with Gasteiger partial charge in [0.25, 0.3) is 0 Å². The number of nitrogens with zero attached hydrogens (tertiary/aromatic N) is 2. The summed E-state index contributed by atoms with van der Waals surface area (Å²) in [4.78, 5) is 7.15. The molecule has 2 aromatic carbocycles. The van der Waals surface area contributed by atoms with E-state index >= 15 is 0 Å². The quantitative estimate of drug-likeness (QED) is 0.500. The molecule has 2 aliphatic rings. The molecule has 3 unspecified atom stereocenters. The summed E-state index contributed by atoms with van der Waals surface area (Å²) < 4.78 is 14.9. The maximum absolute atomic E-state index is 14.9. The molecule has 4 heteroatoms. The Morgan fingerprint density at radius 1 is 0.862 bits per heavy atom. The van der Waals surface area contributed by atoms with E-state index in [1.165, 1.54) is 5.69 Å². The highest BCUT2D eigenvalue weighted by molar-refractivity contribution is 6.31. The van der Waals surface area contributed by atoms with Gasteiger partial charge in [-0.05, 0) is 55.5 Å². The molecule has 0 N–H and O–H groups in total. The molecule has 0 radical (unpaired) electrons. The van der Waals surface area contributed by atoms with Gasteiger partial charge in [0.2, 0.25) is 0 Å². The minimum Gasteiger partial charge on any atom is -0.286 e. The molecule has 29 heavy (non-hydrogen) atoms. The Morgan fingerprint density at radius 2 is 1.52 bits per heavy atom. The Labute approximate surface area is 176 Å². The molecule has 1 aromatic heterocycles. The number of rotatable bonds is 4. The fourth-order valence-electron chi connectivity index (χ4n) is 5.38. The number of pyridine rings is 1. The third-order valence-corrected chi connectivity index (χ3v) is 6.94. The van der Waals surface area contributed by atoms with Crippen LogP contribution >= 0.6 is 11.6 Å². The average Bonchev–Trinajstić information content (AvgIpc) is 3.00. The summed E-state index contributed by atoms with van der Waals surface area (Å²) in [5, 5.41) is 0.701. The second-order valence-corrected chi connectivity index (χ2v) is 8.61. The molecule has 3 heterocycles. The first-order valence-corrected chi connectivity index (χ1v) is 10.8. The minimum atomic E-state index is -0.163. The highest BCUT2D eigenvalue weighted by Crippen LogP contribution is 2.49. The van der Waals surface area contributed by atoms with Crippen LogP contribution in [0.3, 0.4) is 0 Å². The van der Waals surface area contributed by atoms with E-state index in [1.807, 2.05) is 48.7 Å². The van der Waals surface area contributed by atoms with Crippen LogP contribution in [-0.2, 0) is 0 Å². The van der Waals surface area contributed by atoms with Crippen LogP contribution < -0.4 is 0 Å². The Hall–Kier alpha value is -2.23. The zero-order valence-electron chi connectivity index (χ0n) is 16.2. The van der Waals surface area contributed by atoms with E-state index in [0.717, 1.165) is 31.2 Å². The zero-order valence-corrected chi connectivity index (χ0v) is 17.0. The van der Waals surface area contributed by atoms with E-state index in [-0.39, 0.29) is 11.9 Å². The number of hydrogen-bond acceptors (Lipinski definition) is 2. The van der Waals surface area contributed by atoms with Gasteiger partial charge in [-0.25, -0.2) is 4.39 Å². The smallest absolute Gasteiger partial charge is 0.128 e. The normalized spacial score (nSPS) is 25.1. The first-order valence-electron chi connectivity index (χ1n) is 10.4. The van der Waals surface area contributed by atoms with Gasteiger partial charge in [-0.15, -0.1) is 0 Å². The average molecular weight is 407 g/mol. The van der Waals surface area contributed by atoms with Gasteiger partial charge < -0.3 is 0 Å². The third-order valence-electron chi connectivity index (χ3n) is 6.59. The lowest BCUT2D eigenvalue weighted by Gasteiger charge is -2.44. The van der Waals surface area contributed by atoms with Gasteiger partial charge in [-0.2, -0.15) is 0 Å². The summed E-state index contributed by atoms with van der Waals surface area (Å²) in [5.74, 6) is 0.307. The van der Waals surface area contributed by atoms with Crippen molar-refractivity contribution in [3.63, 3.8) is 0 Å². The van der Waals surface area contributed by atoms with E-state index in [0.29, 0.717) is 28.6 Å². The number of benzene rings is 2. The number of halogens is 2. The van der Waals surface area contributed by atoms with Crippen molar-refractivity contribution in [2.24, 2.45) is 0 Å². The van der Waals surface area contributed by atoms with Crippen LogP contribution in [0.4, 0.5) is 4.39 Å². The van der Waals surface area contributed by atoms with Crippen LogP contribution in [0.5, 0.6) is 0 Å². The maximum Gasteiger partial charge on any atom is 0.128 e. The van der Waals surface area contributed by atoms with Crippen molar-refractivity contribution in [1.82, 2.24) is 9.88 Å². The Bertz CT molecular complexity index is 933. The van der Waals surface area contributed by atoms with Crippen LogP contribution in [0.25, 0.3) is 0 Å². The topological polar surface area (TPSA) is 16.1 Å². The maximum atomic E-state index is 14.9. The van der Waals surface area contributed by atoms with Crippen molar-refractivity contribution < 1.29 is 4.39 Å². The van der Waals surface area contributed by atoms with Crippen LogP contribution in [0, 0.1) is 5.82 Å². The molecule has 2 bridgehead atoms. The van der Waals surface area contributed by atoms with Crippen LogP contribution in [0.1, 0.15) is 54.5 Å². The number of piperidine rings is 1. The first kappa shape index (κ1) is 18.8. The highest BCUT2D eigenvalue weighted by atomic mass is 35.5. The van der Waals surface area contributed by atoms with Crippen molar-refractivity contribution in [3.8, 4) is 0 Å². The van der Waals surface area contributed by atoms with Crippen molar-refractivity contribution in [2.75, 3.05) is 0 Å². The summed E-state index contributed by atoms with van der Waals surface area (Å²) in [7, 11) is 0. The second kappa shape index (κ2) is 7.89. The molecule has 0 spiro atoms. The molecule has 3 aromatic rings. The Kier molecular flexibility index (Phi) is 5.11. The van der Waals surface area contributed by atoms with E-state index in [2.05, 4.69) is 22.0 Å². The molecule has 3 atom stereocenters. The van der Waals surface area contributed by atoms with E-state index < -0.39 is 0 Å². The third kappa shape index (κ3) is 3.47. The monoisotopic (exact) mass is 406 g/mol. The van der Waals surface area contributed by atoms with Gasteiger partial charge >= 0.3 is 0 Å². The Morgan fingerprint density at radius 3 is 2.17 bits per heavy atom. The molecule has 2 aliphatic heterocycles. The molecule has 0 aliphatic carbocycles. The molecule has 0 saturated carbocycles. The molecule has 2 saturated heterocycles.